The third-order valence-corrected chi connectivity index (χ3v) is 4.64. The number of alkyl halides is 2. The summed E-state index contributed by atoms with van der Waals surface area (Å²) >= 11 is 0. The van der Waals surface area contributed by atoms with E-state index in [1.54, 1.807) is 0 Å². The molecule has 26 heavy (non-hydrogen) atoms. The van der Waals surface area contributed by atoms with E-state index in [0.29, 0.717) is 32.1 Å². The van der Waals surface area contributed by atoms with Crippen LogP contribution in [-0.2, 0) is 4.74 Å². The van der Waals surface area contributed by atoms with Crippen molar-refractivity contribution < 1.29 is 23.4 Å². The third-order valence-electron chi connectivity index (χ3n) is 4.64. The second-order valence-corrected chi connectivity index (χ2v) is 6.36. The molecule has 1 aromatic heterocycles. The van der Waals surface area contributed by atoms with Crippen molar-refractivity contribution in [1.29, 1.82) is 5.26 Å². The van der Waals surface area contributed by atoms with Gasteiger partial charge in [-0.05, 0) is 12.8 Å². The molecule has 3 rings (SSSR count). The van der Waals surface area contributed by atoms with Gasteiger partial charge in [0.25, 0.3) is 0 Å². The van der Waals surface area contributed by atoms with Crippen molar-refractivity contribution in [2.24, 2.45) is 0 Å². The van der Waals surface area contributed by atoms with Crippen molar-refractivity contribution in [2.75, 3.05) is 36.1 Å². The molecule has 1 saturated heterocycles. The van der Waals surface area contributed by atoms with Gasteiger partial charge in [-0.2, -0.15) is 5.26 Å². The minimum atomic E-state index is -2.76. The zero-order chi connectivity index (χ0) is 18.7. The first kappa shape index (κ1) is 18.3. The number of anilines is 2. The van der Waals surface area contributed by atoms with Gasteiger partial charge in [0.2, 0.25) is 11.7 Å². The van der Waals surface area contributed by atoms with E-state index >= 15 is 0 Å². The number of morpholine rings is 1. The highest BCUT2D eigenvalue weighted by atomic mass is 19.3. The van der Waals surface area contributed by atoms with Crippen LogP contribution in [0.3, 0.4) is 0 Å². The molecule has 1 aliphatic carbocycles. The third kappa shape index (κ3) is 3.99. The SMILES string of the molecule is N#Cc1nc(N2CCOCC2)cc(N(C(=O)O)C2CCC(F)(F)CC2)n1. The first-order chi connectivity index (χ1) is 12.4. The Morgan fingerprint density at radius 3 is 2.58 bits per heavy atom. The molecule has 0 aromatic carbocycles. The number of hydrogen-bond acceptors (Lipinski definition) is 6. The van der Waals surface area contributed by atoms with Gasteiger partial charge in [0.15, 0.2) is 0 Å². The van der Waals surface area contributed by atoms with Crippen LogP contribution in [0.2, 0.25) is 0 Å². The van der Waals surface area contributed by atoms with Crippen LogP contribution in [0.4, 0.5) is 25.2 Å². The van der Waals surface area contributed by atoms with Gasteiger partial charge >= 0.3 is 6.09 Å². The van der Waals surface area contributed by atoms with Gasteiger partial charge in [-0.25, -0.2) is 23.5 Å². The minimum absolute atomic E-state index is 0.0398. The number of nitrogens with zero attached hydrogens (tertiary/aromatic N) is 5. The van der Waals surface area contributed by atoms with Crippen LogP contribution in [0, 0.1) is 11.3 Å². The van der Waals surface area contributed by atoms with Crippen molar-refractivity contribution in [3.8, 4) is 6.07 Å². The van der Waals surface area contributed by atoms with Crippen LogP contribution in [-0.4, -0.2) is 59.4 Å². The molecule has 10 heteroatoms. The first-order valence-corrected chi connectivity index (χ1v) is 8.41. The van der Waals surface area contributed by atoms with Gasteiger partial charge < -0.3 is 14.7 Å². The smallest absolute Gasteiger partial charge is 0.413 e. The highest BCUT2D eigenvalue weighted by molar-refractivity contribution is 5.86. The Morgan fingerprint density at radius 1 is 1.35 bits per heavy atom. The predicted molar refractivity (Wildman–Crippen MR) is 87.5 cm³/mol. The number of nitriles is 1. The molecule has 0 unspecified atom stereocenters. The zero-order valence-corrected chi connectivity index (χ0v) is 14.1. The lowest BCUT2D eigenvalue weighted by Gasteiger charge is -2.35. The van der Waals surface area contributed by atoms with Crippen molar-refractivity contribution in [3.63, 3.8) is 0 Å². The van der Waals surface area contributed by atoms with E-state index in [0.717, 1.165) is 4.90 Å². The topological polar surface area (TPSA) is 103 Å². The van der Waals surface area contributed by atoms with Crippen LogP contribution < -0.4 is 9.80 Å². The summed E-state index contributed by atoms with van der Waals surface area (Å²) in [6, 6.07) is 2.72. The Morgan fingerprint density at radius 2 is 2.00 bits per heavy atom. The first-order valence-electron chi connectivity index (χ1n) is 8.41. The predicted octanol–water partition coefficient (Wildman–Crippen LogP) is 2.25. The molecule has 8 nitrogen and oxygen atoms in total. The Balaban J connectivity index is 1.91. The fourth-order valence-corrected chi connectivity index (χ4v) is 3.27. The molecule has 140 valence electrons. The van der Waals surface area contributed by atoms with Gasteiger partial charge in [-0.3, -0.25) is 4.90 Å². The maximum atomic E-state index is 13.4. The molecule has 1 aromatic rings. The number of carboxylic acid groups (broad SMARTS) is 1. The fraction of sp³-hybridized carbons (Fsp3) is 0.625. The number of aromatic nitrogens is 2. The zero-order valence-electron chi connectivity index (χ0n) is 14.1. The molecule has 2 fully saturated rings. The molecule has 1 N–H and O–H groups in total. The number of halogens is 2. The molecular weight excluding hydrogens is 348 g/mol. The number of amides is 1. The maximum Gasteiger partial charge on any atom is 0.413 e. The summed E-state index contributed by atoms with van der Waals surface area (Å²) in [6.07, 6.45) is -1.94. The van der Waals surface area contributed by atoms with Crippen molar-refractivity contribution in [3.05, 3.63) is 11.9 Å². The van der Waals surface area contributed by atoms with Crippen LogP contribution in [0.5, 0.6) is 0 Å². The maximum absolute atomic E-state index is 13.4. The summed E-state index contributed by atoms with van der Waals surface area (Å²) in [4.78, 5) is 22.8. The monoisotopic (exact) mass is 367 g/mol. The lowest BCUT2D eigenvalue weighted by molar-refractivity contribution is -0.0379. The van der Waals surface area contributed by atoms with Gasteiger partial charge in [0.05, 0.1) is 13.2 Å². The van der Waals surface area contributed by atoms with Gasteiger partial charge in [0, 0.05) is 38.0 Å². The van der Waals surface area contributed by atoms with Crippen molar-refractivity contribution >= 4 is 17.7 Å². The summed E-state index contributed by atoms with van der Waals surface area (Å²) in [6.45, 7) is 2.12. The average Bonchev–Trinajstić information content (AvgIpc) is 2.63. The summed E-state index contributed by atoms with van der Waals surface area (Å²) in [5, 5.41) is 18.8. The van der Waals surface area contributed by atoms with E-state index in [1.165, 1.54) is 6.07 Å². The van der Waals surface area contributed by atoms with E-state index in [-0.39, 0.29) is 37.3 Å². The van der Waals surface area contributed by atoms with Crippen molar-refractivity contribution in [1.82, 2.24) is 9.97 Å². The highest BCUT2D eigenvalue weighted by Gasteiger charge is 2.39. The number of ether oxygens (including phenoxy) is 1. The molecule has 0 atom stereocenters. The fourth-order valence-electron chi connectivity index (χ4n) is 3.27. The Bertz CT molecular complexity index is 708. The van der Waals surface area contributed by atoms with E-state index in [1.807, 2.05) is 11.0 Å². The van der Waals surface area contributed by atoms with Crippen LogP contribution in [0.1, 0.15) is 31.5 Å². The normalized spacial score (nSPS) is 20.4. The second kappa shape index (κ2) is 7.37. The van der Waals surface area contributed by atoms with E-state index in [2.05, 4.69) is 9.97 Å². The molecule has 0 spiro atoms. The standard InChI is InChI=1S/C16H19F2N5O3/c17-16(18)3-1-11(2-4-16)23(15(24)25)14-9-13(20-12(10-19)21-14)22-5-7-26-8-6-22/h9,11H,1-8H2,(H,24,25). The van der Waals surface area contributed by atoms with Gasteiger partial charge in [0.1, 0.15) is 17.7 Å². The van der Waals surface area contributed by atoms with Gasteiger partial charge in [-0.15, -0.1) is 0 Å². The Labute approximate surface area is 149 Å². The molecule has 2 aliphatic rings. The number of hydrogen-bond donors (Lipinski definition) is 1. The van der Waals surface area contributed by atoms with Crippen LogP contribution >= 0.6 is 0 Å². The van der Waals surface area contributed by atoms with Crippen molar-refractivity contribution in [2.45, 2.75) is 37.6 Å². The molecule has 2 heterocycles. The number of rotatable bonds is 3. The summed E-state index contributed by atoms with van der Waals surface area (Å²) < 4.78 is 32.1. The van der Waals surface area contributed by atoms with E-state index < -0.39 is 18.1 Å². The molecule has 1 amide bonds. The van der Waals surface area contributed by atoms with E-state index in [9.17, 15) is 23.9 Å². The average molecular weight is 367 g/mol. The minimum Gasteiger partial charge on any atom is -0.465 e. The lowest BCUT2D eigenvalue weighted by Crippen LogP contribution is -2.44. The molecule has 1 saturated carbocycles. The van der Waals surface area contributed by atoms with E-state index in [4.69, 9.17) is 4.74 Å². The Hall–Kier alpha value is -2.54. The largest absolute Gasteiger partial charge is 0.465 e. The second-order valence-electron chi connectivity index (χ2n) is 6.36. The quantitative estimate of drug-likeness (QED) is 0.874. The molecule has 0 bridgehead atoms. The molecular formula is C16H19F2N5O3. The highest BCUT2D eigenvalue weighted by Crippen LogP contribution is 2.36. The number of carbonyl (C=O) groups is 1. The Kier molecular flexibility index (Phi) is 5.18. The van der Waals surface area contributed by atoms with Gasteiger partial charge in [-0.1, -0.05) is 0 Å². The lowest BCUT2D eigenvalue weighted by atomic mass is 9.91. The van der Waals surface area contributed by atoms with Crippen LogP contribution in [0.15, 0.2) is 6.07 Å². The molecule has 1 aliphatic heterocycles. The summed E-state index contributed by atoms with van der Waals surface area (Å²) in [7, 11) is 0. The summed E-state index contributed by atoms with van der Waals surface area (Å²) in [5.74, 6) is -2.44. The molecule has 0 radical (unpaired) electrons. The van der Waals surface area contributed by atoms with Crippen LogP contribution in [0.25, 0.3) is 0 Å². The summed E-state index contributed by atoms with van der Waals surface area (Å²) in [5.41, 5.74) is 0.